The van der Waals surface area contributed by atoms with Gasteiger partial charge in [0.15, 0.2) is 0 Å². The van der Waals surface area contributed by atoms with Crippen LogP contribution in [0.15, 0.2) is 18.2 Å². The molecule has 6 heteroatoms. The Balaban J connectivity index is 1.98. The second kappa shape index (κ2) is 6.87. The zero-order chi connectivity index (χ0) is 15.4. The monoisotopic (exact) mass is 293 g/mol. The number of nitro benzene ring substituents is 1. The lowest BCUT2D eigenvalue weighted by Crippen LogP contribution is -2.26. The molecule has 1 aliphatic rings. The molecule has 1 aromatic rings. The molecule has 0 saturated heterocycles. The molecule has 0 aromatic heterocycles. The number of anilines is 1. The van der Waals surface area contributed by atoms with Crippen LogP contribution in [-0.4, -0.2) is 11.0 Å². The van der Waals surface area contributed by atoms with E-state index in [1.807, 2.05) is 0 Å². The minimum absolute atomic E-state index is 0.0267. The van der Waals surface area contributed by atoms with Crippen LogP contribution in [-0.2, 0) is 11.3 Å². The summed E-state index contributed by atoms with van der Waals surface area (Å²) < 4.78 is 5.97. The summed E-state index contributed by atoms with van der Waals surface area (Å²) in [5.41, 5.74) is 3.55. The second-order valence-electron chi connectivity index (χ2n) is 6.10. The predicted molar refractivity (Wildman–Crippen MR) is 81.7 cm³/mol. The first kappa shape index (κ1) is 15.7. The van der Waals surface area contributed by atoms with Crippen molar-refractivity contribution in [2.24, 2.45) is 17.7 Å². The molecule has 2 rings (SSSR count). The number of hydrazine groups is 1. The van der Waals surface area contributed by atoms with E-state index in [2.05, 4.69) is 19.3 Å². The number of nitro groups is 1. The van der Waals surface area contributed by atoms with Crippen molar-refractivity contribution < 1.29 is 9.66 Å². The smallest absolute Gasteiger partial charge is 0.293 e. The molecule has 0 heterocycles. The number of nitrogen functional groups attached to an aromatic ring is 1. The lowest BCUT2D eigenvalue weighted by molar-refractivity contribution is -0.384. The first-order valence-electron chi connectivity index (χ1n) is 7.35. The molecule has 0 spiro atoms. The Morgan fingerprint density at radius 2 is 2.00 bits per heavy atom. The summed E-state index contributed by atoms with van der Waals surface area (Å²) >= 11 is 0. The number of hydrogen-bond acceptors (Lipinski definition) is 5. The quantitative estimate of drug-likeness (QED) is 0.494. The normalized spacial score (nSPS) is 25.6. The van der Waals surface area contributed by atoms with Gasteiger partial charge in [0.1, 0.15) is 5.69 Å². The van der Waals surface area contributed by atoms with Crippen LogP contribution < -0.4 is 11.3 Å². The fraction of sp³-hybridized carbons (Fsp3) is 0.600. The van der Waals surface area contributed by atoms with E-state index in [1.165, 1.54) is 12.5 Å². The van der Waals surface area contributed by atoms with E-state index in [1.54, 1.807) is 12.1 Å². The number of nitrogens with two attached hydrogens (primary N) is 1. The Kier molecular flexibility index (Phi) is 5.14. The summed E-state index contributed by atoms with van der Waals surface area (Å²) in [5, 5.41) is 10.8. The number of benzene rings is 1. The summed E-state index contributed by atoms with van der Waals surface area (Å²) in [7, 11) is 0. The molecule has 3 N–H and O–H groups in total. The van der Waals surface area contributed by atoms with Gasteiger partial charge in [-0.3, -0.25) is 16.0 Å². The minimum Gasteiger partial charge on any atom is -0.374 e. The molecule has 6 nitrogen and oxygen atoms in total. The van der Waals surface area contributed by atoms with Gasteiger partial charge in [-0.05, 0) is 48.8 Å². The molecule has 1 fully saturated rings. The molecule has 1 aromatic carbocycles. The third kappa shape index (κ3) is 4.15. The Bertz CT molecular complexity index is 497. The Morgan fingerprint density at radius 1 is 1.33 bits per heavy atom. The summed E-state index contributed by atoms with van der Waals surface area (Å²) in [6.45, 7) is 4.97. The third-order valence-corrected chi connectivity index (χ3v) is 4.03. The molecule has 0 aliphatic heterocycles. The Morgan fingerprint density at radius 3 is 2.57 bits per heavy atom. The van der Waals surface area contributed by atoms with Crippen molar-refractivity contribution >= 4 is 11.4 Å². The van der Waals surface area contributed by atoms with Crippen molar-refractivity contribution in [1.82, 2.24) is 0 Å². The van der Waals surface area contributed by atoms with E-state index in [-0.39, 0.29) is 11.8 Å². The molecule has 0 amide bonds. The third-order valence-electron chi connectivity index (χ3n) is 4.03. The van der Waals surface area contributed by atoms with E-state index < -0.39 is 4.92 Å². The van der Waals surface area contributed by atoms with Crippen molar-refractivity contribution in [3.8, 4) is 0 Å². The van der Waals surface area contributed by atoms with Gasteiger partial charge in [0.2, 0.25) is 0 Å². The van der Waals surface area contributed by atoms with Crippen LogP contribution >= 0.6 is 0 Å². The molecule has 116 valence electrons. The van der Waals surface area contributed by atoms with Crippen LogP contribution in [0.5, 0.6) is 0 Å². The summed E-state index contributed by atoms with van der Waals surface area (Å²) in [4.78, 5) is 10.4. The number of rotatable bonds is 5. The standard InChI is InChI=1S/C15H23N3O3/c1-10-5-11(2)7-13(6-10)21-9-12-3-4-15(18(19)20)14(8-12)17-16/h3-4,8,10-11,13,17H,5-7,9,16H2,1-2H3. The number of ether oxygens (including phenoxy) is 1. The van der Waals surface area contributed by atoms with Crippen molar-refractivity contribution in [2.45, 2.75) is 45.8 Å². The van der Waals surface area contributed by atoms with Gasteiger partial charge in [-0.1, -0.05) is 13.8 Å². The average molecular weight is 293 g/mol. The number of nitrogens with one attached hydrogen (secondary N) is 1. The largest absolute Gasteiger partial charge is 0.374 e. The Labute approximate surface area is 124 Å². The van der Waals surface area contributed by atoms with Crippen molar-refractivity contribution in [3.63, 3.8) is 0 Å². The van der Waals surface area contributed by atoms with E-state index in [0.717, 1.165) is 18.4 Å². The van der Waals surface area contributed by atoms with Crippen LogP contribution in [0.4, 0.5) is 11.4 Å². The topological polar surface area (TPSA) is 90.4 Å². The highest BCUT2D eigenvalue weighted by molar-refractivity contribution is 5.61. The van der Waals surface area contributed by atoms with E-state index in [9.17, 15) is 10.1 Å². The SMILES string of the molecule is CC1CC(C)CC(OCc2ccc([N+](=O)[O-])c(NN)c2)C1. The number of nitrogens with zero attached hydrogens (tertiary/aromatic N) is 1. The first-order valence-corrected chi connectivity index (χ1v) is 7.35. The highest BCUT2D eigenvalue weighted by Gasteiger charge is 2.24. The second-order valence-corrected chi connectivity index (χ2v) is 6.10. The van der Waals surface area contributed by atoms with Crippen LogP contribution in [0.3, 0.4) is 0 Å². The zero-order valence-electron chi connectivity index (χ0n) is 12.5. The molecular weight excluding hydrogens is 270 g/mol. The van der Waals surface area contributed by atoms with Crippen molar-refractivity contribution in [2.75, 3.05) is 5.43 Å². The van der Waals surface area contributed by atoms with Gasteiger partial charge >= 0.3 is 0 Å². The molecule has 2 unspecified atom stereocenters. The van der Waals surface area contributed by atoms with Crippen LogP contribution in [0.25, 0.3) is 0 Å². The molecule has 1 saturated carbocycles. The van der Waals surface area contributed by atoms with Gasteiger partial charge in [-0.15, -0.1) is 0 Å². The maximum atomic E-state index is 10.8. The van der Waals surface area contributed by atoms with Crippen molar-refractivity contribution in [1.29, 1.82) is 0 Å². The lowest BCUT2D eigenvalue weighted by atomic mass is 9.82. The van der Waals surface area contributed by atoms with Gasteiger partial charge < -0.3 is 10.2 Å². The van der Waals surface area contributed by atoms with Crippen LogP contribution in [0, 0.1) is 22.0 Å². The summed E-state index contributed by atoms with van der Waals surface area (Å²) in [6.07, 6.45) is 3.70. The fourth-order valence-corrected chi connectivity index (χ4v) is 3.17. The number of hydrogen-bond donors (Lipinski definition) is 2. The van der Waals surface area contributed by atoms with E-state index >= 15 is 0 Å². The van der Waals surface area contributed by atoms with Crippen LogP contribution in [0.1, 0.15) is 38.7 Å². The van der Waals surface area contributed by atoms with Gasteiger partial charge in [0.05, 0.1) is 17.6 Å². The van der Waals surface area contributed by atoms with E-state index in [0.29, 0.717) is 24.1 Å². The molecule has 2 atom stereocenters. The van der Waals surface area contributed by atoms with E-state index in [4.69, 9.17) is 10.6 Å². The lowest BCUT2D eigenvalue weighted by Gasteiger charge is -2.31. The fourth-order valence-electron chi connectivity index (χ4n) is 3.17. The van der Waals surface area contributed by atoms with Crippen LogP contribution in [0.2, 0.25) is 0 Å². The van der Waals surface area contributed by atoms with Gasteiger partial charge in [0.25, 0.3) is 5.69 Å². The average Bonchev–Trinajstić information content (AvgIpc) is 2.43. The maximum absolute atomic E-state index is 10.8. The maximum Gasteiger partial charge on any atom is 0.293 e. The minimum atomic E-state index is -0.454. The predicted octanol–water partition coefficient (Wildman–Crippen LogP) is 3.22. The summed E-state index contributed by atoms with van der Waals surface area (Å²) in [6, 6.07) is 4.85. The van der Waals surface area contributed by atoms with Crippen molar-refractivity contribution in [3.05, 3.63) is 33.9 Å². The van der Waals surface area contributed by atoms with Gasteiger partial charge in [-0.25, -0.2) is 0 Å². The highest BCUT2D eigenvalue weighted by Crippen LogP contribution is 2.31. The Hall–Kier alpha value is -1.66. The zero-order valence-corrected chi connectivity index (χ0v) is 12.5. The van der Waals surface area contributed by atoms with Gasteiger partial charge in [-0.2, -0.15) is 0 Å². The molecule has 1 aliphatic carbocycles. The summed E-state index contributed by atoms with van der Waals surface area (Å²) in [5.74, 6) is 6.72. The molecular formula is C15H23N3O3. The highest BCUT2D eigenvalue weighted by atomic mass is 16.6. The first-order chi connectivity index (χ1) is 9.99. The molecule has 0 radical (unpaired) electrons. The molecule has 21 heavy (non-hydrogen) atoms. The van der Waals surface area contributed by atoms with Gasteiger partial charge in [0, 0.05) is 6.07 Å². The molecule has 0 bridgehead atoms.